The molecule has 0 spiro atoms. The Balaban J connectivity index is 2.89. The van der Waals surface area contributed by atoms with Crippen LogP contribution in [-0.2, 0) is 4.79 Å². The summed E-state index contributed by atoms with van der Waals surface area (Å²) < 4.78 is 0. The Hall–Kier alpha value is -1.09. The van der Waals surface area contributed by atoms with Gasteiger partial charge in [-0.15, -0.1) is 0 Å². The molecule has 0 atom stereocenters. The number of carbonyl (C=O) groups is 1. The number of anilines is 1. The van der Waals surface area contributed by atoms with E-state index in [1.165, 1.54) is 6.92 Å². The van der Waals surface area contributed by atoms with Gasteiger partial charge < -0.3 is 5.32 Å². The smallest absolute Gasteiger partial charge is 0.222 e. The first-order valence-corrected chi connectivity index (χ1v) is 3.88. The zero-order chi connectivity index (χ0) is 9.14. The third-order valence-electron chi connectivity index (χ3n) is 1.33. The van der Waals surface area contributed by atoms with Crippen LogP contribution in [0, 0.1) is 6.92 Å². The number of aryl methyl sites for hydroxylation is 1. The number of hydrogen-bond acceptors (Lipinski definition) is 2. The molecular weight excluding hydrogens is 176 g/mol. The molecule has 1 aromatic rings. The van der Waals surface area contributed by atoms with Gasteiger partial charge in [-0.2, -0.15) is 0 Å². The van der Waals surface area contributed by atoms with Crippen LogP contribution in [0.4, 0.5) is 5.82 Å². The standard InChI is InChI=1S/C8H9ClN2O/c1-5-7(9)3-4-8(10-5)11-6(2)12/h3-4H,1-2H3,(H,10,11,12). The molecule has 4 heteroatoms. The summed E-state index contributed by atoms with van der Waals surface area (Å²) in [6.45, 7) is 3.22. The third-order valence-corrected chi connectivity index (χ3v) is 1.72. The molecule has 3 nitrogen and oxygen atoms in total. The minimum Gasteiger partial charge on any atom is -0.311 e. The van der Waals surface area contributed by atoms with E-state index in [-0.39, 0.29) is 5.91 Å². The maximum Gasteiger partial charge on any atom is 0.222 e. The van der Waals surface area contributed by atoms with E-state index in [0.29, 0.717) is 16.5 Å². The lowest BCUT2D eigenvalue weighted by Crippen LogP contribution is -2.07. The van der Waals surface area contributed by atoms with E-state index < -0.39 is 0 Å². The number of carbonyl (C=O) groups excluding carboxylic acids is 1. The molecule has 12 heavy (non-hydrogen) atoms. The van der Waals surface area contributed by atoms with Crippen LogP contribution in [0.1, 0.15) is 12.6 Å². The number of pyridine rings is 1. The highest BCUT2D eigenvalue weighted by Gasteiger charge is 1.99. The summed E-state index contributed by atoms with van der Waals surface area (Å²) in [7, 11) is 0. The van der Waals surface area contributed by atoms with Gasteiger partial charge in [-0.1, -0.05) is 11.6 Å². The van der Waals surface area contributed by atoms with Crippen molar-refractivity contribution < 1.29 is 4.79 Å². The first-order chi connectivity index (χ1) is 5.59. The molecule has 1 aromatic heterocycles. The fourth-order valence-corrected chi connectivity index (χ4v) is 0.899. The third kappa shape index (κ3) is 2.20. The lowest BCUT2D eigenvalue weighted by molar-refractivity contribution is -0.114. The predicted octanol–water partition coefficient (Wildman–Crippen LogP) is 2.00. The summed E-state index contributed by atoms with van der Waals surface area (Å²) in [6.07, 6.45) is 0. The second kappa shape index (κ2) is 3.54. The van der Waals surface area contributed by atoms with E-state index in [0.717, 1.165) is 0 Å². The molecule has 0 aliphatic rings. The van der Waals surface area contributed by atoms with Crippen LogP contribution in [0.15, 0.2) is 12.1 Å². The van der Waals surface area contributed by atoms with Crippen LogP contribution in [0.25, 0.3) is 0 Å². The summed E-state index contributed by atoms with van der Waals surface area (Å²) in [4.78, 5) is 14.7. The van der Waals surface area contributed by atoms with Gasteiger partial charge in [-0.25, -0.2) is 4.98 Å². The summed E-state index contributed by atoms with van der Waals surface area (Å²) in [5, 5.41) is 3.17. The molecular formula is C8H9ClN2O. The highest BCUT2D eigenvalue weighted by molar-refractivity contribution is 6.31. The SMILES string of the molecule is CC(=O)Nc1ccc(Cl)c(C)n1. The molecule has 1 heterocycles. The number of rotatable bonds is 1. The average Bonchev–Trinajstić information content (AvgIpc) is 1.96. The minimum absolute atomic E-state index is 0.135. The van der Waals surface area contributed by atoms with Crippen molar-refractivity contribution in [2.45, 2.75) is 13.8 Å². The molecule has 1 amide bonds. The Labute approximate surface area is 75.8 Å². The number of amides is 1. The molecule has 1 rings (SSSR count). The van der Waals surface area contributed by atoms with E-state index in [1.54, 1.807) is 19.1 Å². The van der Waals surface area contributed by atoms with E-state index in [9.17, 15) is 4.79 Å². The molecule has 0 saturated carbocycles. The predicted molar refractivity (Wildman–Crippen MR) is 48.3 cm³/mol. The minimum atomic E-state index is -0.135. The Morgan fingerprint density at radius 3 is 2.75 bits per heavy atom. The van der Waals surface area contributed by atoms with Gasteiger partial charge in [0.15, 0.2) is 0 Å². The maximum absolute atomic E-state index is 10.6. The van der Waals surface area contributed by atoms with Crippen LogP contribution >= 0.6 is 11.6 Å². The van der Waals surface area contributed by atoms with Gasteiger partial charge >= 0.3 is 0 Å². The highest BCUT2D eigenvalue weighted by Crippen LogP contribution is 2.14. The van der Waals surface area contributed by atoms with Gasteiger partial charge in [0, 0.05) is 6.92 Å². The van der Waals surface area contributed by atoms with Crippen LogP contribution in [0.3, 0.4) is 0 Å². The van der Waals surface area contributed by atoms with E-state index in [1.807, 2.05) is 0 Å². The number of nitrogens with one attached hydrogen (secondary N) is 1. The summed E-state index contributed by atoms with van der Waals surface area (Å²) in [5.74, 6) is 0.397. The molecule has 0 aromatic carbocycles. The van der Waals surface area contributed by atoms with Crippen molar-refractivity contribution in [3.05, 3.63) is 22.8 Å². The maximum atomic E-state index is 10.6. The van der Waals surface area contributed by atoms with Gasteiger partial charge in [0.25, 0.3) is 0 Å². The summed E-state index contributed by atoms with van der Waals surface area (Å²) in [5.41, 5.74) is 0.711. The van der Waals surface area contributed by atoms with Gasteiger partial charge in [0.1, 0.15) is 5.82 Å². The highest BCUT2D eigenvalue weighted by atomic mass is 35.5. The van der Waals surface area contributed by atoms with Crippen molar-refractivity contribution in [2.24, 2.45) is 0 Å². The largest absolute Gasteiger partial charge is 0.311 e. The van der Waals surface area contributed by atoms with Crippen LogP contribution in [0.5, 0.6) is 0 Å². The summed E-state index contributed by atoms with van der Waals surface area (Å²) in [6, 6.07) is 3.37. The quantitative estimate of drug-likeness (QED) is 0.726. The van der Waals surface area contributed by atoms with Gasteiger partial charge in [-0.05, 0) is 19.1 Å². The van der Waals surface area contributed by atoms with E-state index in [2.05, 4.69) is 10.3 Å². The second-order valence-corrected chi connectivity index (χ2v) is 2.85. The molecule has 0 unspecified atom stereocenters. The normalized spacial score (nSPS) is 9.58. The Morgan fingerprint density at radius 1 is 1.58 bits per heavy atom. The molecule has 1 N–H and O–H groups in total. The van der Waals surface area contributed by atoms with Crippen LogP contribution in [0.2, 0.25) is 5.02 Å². The zero-order valence-corrected chi connectivity index (χ0v) is 7.64. The second-order valence-electron chi connectivity index (χ2n) is 2.44. The van der Waals surface area contributed by atoms with Crippen molar-refractivity contribution in [1.82, 2.24) is 4.98 Å². The van der Waals surface area contributed by atoms with Gasteiger partial charge in [-0.3, -0.25) is 4.79 Å². The van der Waals surface area contributed by atoms with Gasteiger partial charge in [0.2, 0.25) is 5.91 Å². The lowest BCUT2D eigenvalue weighted by Gasteiger charge is -2.02. The number of halogens is 1. The fourth-order valence-electron chi connectivity index (χ4n) is 0.794. The Bertz CT molecular complexity index is 312. The van der Waals surface area contributed by atoms with Crippen LogP contribution in [-0.4, -0.2) is 10.9 Å². The van der Waals surface area contributed by atoms with Crippen molar-refractivity contribution in [3.63, 3.8) is 0 Å². The zero-order valence-electron chi connectivity index (χ0n) is 6.89. The van der Waals surface area contributed by atoms with E-state index in [4.69, 9.17) is 11.6 Å². The van der Waals surface area contributed by atoms with Crippen molar-refractivity contribution >= 4 is 23.3 Å². The first kappa shape index (κ1) is 9.00. The molecule has 0 fully saturated rings. The topological polar surface area (TPSA) is 42.0 Å². The average molecular weight is 185 g/mol. The molecule has 0 bridgehead atoms. The fraction of sp³-hybridized carbons (Fsp3) is 0.250. The first-order valence-electron chi connectivity index (χ1n) is 3.50. The Morgan fingerprint density at radius 2 is 2.25 bits per heavy atom. The number of aromatic nitrogens is 1. The summed E-state index contributed by atoms with van der Waals surface area (Å²) >= 11 is 5.74. The monoisotopic (exact) mass is 184 g/mol. The Kier molecular flexibility index (Phi) is 2.65. The van der Waals surface area contributed by atoms with E-state index >= 15 is 0 Å². The molecule has 0 saturated heterocycles. The van der Waals surface area contributed by atoms with Crippen LogP contribution < -0.4 is 5.32 Å². The van der Waals surface area contributed by atoms with Gasteiger partial charge in [0.05, 0.1) is 10.7 Å². The molecule has 64 valence electrons. The van der Waals surface area contributed by atoms with Crippen molar-refractivity contribution in [1.29, 1.82) is 0 Å². The molecule has 0 aliphatic heterocycles. The van der Waals surface area contributed by atoms with Crippen molar-refractivity contribution in [2.75, 3.05) is 5.32 Å². The number of nitrogens with zero attached hydrogens (tertiary/aromatic N) is 1. The number of hydrogen-bond donors (Lipinski definition) is 1. The molecule has 0 radical (unpaired) electrons. The lowest BCUT2D eigenvalue weighted by atomic mass is 10.3. The molecule has 0 aliphatic carbocycles. The van der Waals surface area contributed by atoms with Crippen molar-refractivity contribution in [3.8, 4) is 0 Å².